The summed E-state index contributed by atoms with van der Waals surface area (Å²) in [5.41, 5.74) is 0.986. The molecular weight excluding hydrogens is 389 g/mol. The molecule has 3 rings (SSSR count). The maximum atomic E-state index is 13.2. The maximum Gasteiger partial charge on any atom is 0.279 e. The number of piperazine rings is 1. The lowest BCUT2D eigenvalue weighted by molar-refractivity contribution is -0.895. The van der Waals surface area contributed by atoms with Gasteiger partial charge in [-0.05, 0) is 43.3 Å². The van der Waals surface area contributed by atoms with Crippen molar-refractivity contribution in [3.63, 3.8) is 0 Å². The number of hydrogen-bond acceptors (Lipinski definition) is 4. The van der Waals surface area contributed by atoms with E-state index in [9.17, 15) is 14.0 Å². The molecule has 1 aliphatic rings. The summed E-state index contributed by atoms with van der Waals surface area (Å²) in [5.74, 6) is 0.500. The maximum absolute atomic E-state index is 13.2. The molecule has 0 unspecified atom stereocenters. The lowest BCUT2D eigenvalue weighted by Crippen LogP contribution is -3.15. The van der Waals surface area contributed by atoms with Gasteiger partial charge in [0.1, 0.15) is 5.82 Å². The van der Waals surface area contributed by atoms with Crippen molar-refractivity contribution in [2.24, 2.45) is 0 Å². The van der Waals surface area contributed by atoms with Gasteiger partial charge in [0.2, 0.25) is 0 Å². The van der Waals surface area contributed by atoms with Gasteiger partial charge in [0.25, 0.3) is 11.8 Å². The van der Waals surface area contributed by atoms with Crippen LogP contribution in [0.5, 0.6) is 11.5 Å². The Morgan fingerprint density at radius 3 is 2.57 bits per heavy atom. The Kier molecular flexibility index (Phi) is 7.24. The first-order valence-electron chi connectivity index (χ1n) is 9.99. The highest BCUT2D eigenvalue weighted by atomic mass is 19.1. The average Bonchev–Trinajstić information content (AvgIpc) is 2.74. The Hall–Kier alpha value is -3.13. The lowest BCUT2D eigenvalue weighted by Gasteiger charge is -2.32. The third-order valence-corrected chi connectivity index (χ3v) is 4.99. The number of halogens is 1. The van der Waals surface area contributed by atoms with E-state index in [0.717, 1.165) is 4.90 Å². The van der Waals surface area contributed by atoms with Crippen molar-refractivity contribution in [2.75, 3.05) is 51.8 Å². The highest BCUT2D eigenvalue weighted by molar-refractivity contribution is 5.95. The molecule has 1 heterocycles. The summed E-state index contributed by atoms with van der Waals surface area (Å²) in [5, 5.41) is 2.71. The molecule has 0 atom stereocenters. The van der Waals surface area contributed by atoms with Crippen LogP contribution < -0.4 is 19.7 Å². The summed E-state index contributed by atoms with van der Waals surface area (Å²) in [6.45, 7) is 5.11. The van der Waals surface area contributed by atoms with Gasteiger partial charge in [-0.1, -0.05) is 6.07 Å². The molecule has 30 heavy (non-hydrogen) atoms. The monoisotopic (exact) mass is 416 g/mol. The summed E-state index contributed by atoms with van der Waals surface area (Å²) in [6, 6.07) is 11.0. The molecule has 0 aliphatic carbocycles. The van der Waals surface area contributed by atoms with E-state index >= 15 is 0 Å². The molecule has 8 heteroatoms. The van der Waals surface area contributed by atoms with Crippen LogP contribution >= 0.6 is 0 Å². The van der Waals surface area contributed by atoms with E-state index in [4.69, 9.17) is 9.47 Å². The minimum absolute atomic E-state index is 0.0698. The molecule has 0 radical (unpaired) electrons. The normalized spacial score (nSPS) is 14.3. The molecule has 0 saturated carbocycles. The van der Waals surface area contributed by atoms with E-state index in [1.54, 1.807) is 42.3 Å². The summed E-state index contributed by atoms with van der Waals surface area (Å²) < 4.78 is 24.1. The topological polar surface area (TPSA) is 72.3 Å². The molecule has 2 N–H and O–H groups in total. The second kappa shape index (κ2) is 10.1. The predicted molar refractivity (Wildman–Crippen MR) is 111 cm³/mol. The van der Waals surface area contributed by atoms with E-state index in [2.05, 4.69) is 5.32 Å². The Morgan fingerprint density at radius 2 is 1.90 bits per heavy atom. The van der Waals surface area contributed by atoms with Crippen LogP contribution in [0.25, 0.3) is 0 Å². The molecule has 1 saturated heterocycles. The Balaban J connectivity index is 1.52. The Bertz CT molecular complexity index is 898. The van der Waals surface area contributed by atoms with Crippen LogP contribution in [-0.4, -0.2) is 63.2 Å². The smallest absolute Gasteiger partial charge is 0.279 e. The predicted octanol–water partition coefficient (Wildman–Crippen LogP) is 1.21. The van der Waals surface area contributed by atoms with E-state index in [1.807, 2.05) is 6.92 Å². The number of hydrogen-bond donors (Lipinski definition) is 2. The summed E-state index contributed by atoms with van der Waals surface area (Å²) >= 11 is 0. The zero-order valence-corrected chi connectivity index (χ0v) is 17.2. The number of benzene rings is 2. The van der Waals surface area contributed by atoms with E-state index < -0.39 is 5.82 Å². The van der Waals surface area contributed by atoms with Gasteiger partial charge >= 0.3 is 0 Å². The third kappa shape index (κ3) is 5.48. The number of ether oxygens (including phenoxy) is 2. The van der Waals surface area contributed by atoms with Crippen molar-refractivity contribution in [3.05, 3.63) is 53.8 Å². The second-order valence-electron chi connectivity index (χ2n) is 7.08. The Labute approximate surface area is 175 Å². The third-order valence-electron chi connectivity index (χ3n) is 4.99. The zero-order valence-electron chi connectivity index (χ0n) is 17.2. The second-order valence-corrected chi connectivity index (χ2v) is 7.08. The standard InChI is InChI=1S/C22H26FN3O4/c1-3-30-19-8-7-16(13-20(19)29-2)22(28)26-11-9-25(10-12-26)15-21(27)24-18-6-4-5-17(23)14-18/h4-8,13-14H,3,9-12,15H2,1-2H3,(H,24,27)/p+1. The molecule has 0 bridgehead atoms. The number of rotatable bonds is 7. The van der Waals surface area contributed by atoms with Crippen LogP contribution in [0.1, 0.15) is 17.3 Å². The molecule has 2 aromatic carbocycles. The van der Waals surface area contributed by atoms with Crippen molar-refractivity contribution in [3.8, 4) is 11.5 Å². The largest absolute Gasteiger partial charge is 0.493 e. The van der Waals surface area contributed by atoms with E-state index in [0.29, 0.717) is 55.5 Å². The first-order chi connectivity index (χ1) is 14.5. The summed E-state index contributed by atoms with van der Waals surface area (Å²) in [7, 11) is 1.54. The zero-order chi connectivity index (χ0) is 21.5. The number of carbonyl (C=O) groups is 2. The molecule has 2 aromatic rings. The number of anilines is 1. The molecule has 2 amide bonds. The van der Waals surface area contributed by atoms with Crippen LogP contribution in [-0.2, 0) is 4.79 Å². The molecular formula is C22H27FN3O4+. The van der Waals surface area contributed by atoms with E-state index in [1.165, 1.54) is 12.1 Å². The SMILES string of the molecule is CCOc1ccc(C(=O)N2CC[NH+](CC(=O)Nc3cccc(F)c3)CC2)cc1OC. The van der Waals surface area contributed by atoms with Crippen molar-refractivity contribution in [1.82, 2.24) is 4.90 Å². The van der Waals surface area contributed by atoms with Gasteiger partial charge in [0, 0.05) is 11.3 Å². The molecule has 1 fully saturated rings. The van der Waals surface area contributed by atoms with Crippen molar-refractivity contribution in [2.45, 2.75) is 6.92 Å². The van der Waals surface area contributed by atoms with Gasteiger partial charge in [-0.3, -0.25) is 9.59 Å². The molecule has 0 spiro atoms. The van der Waals surface area contributed by atoms with Crippen LogP contribution in [0.15, 0.2) is 42.5 Å². The van der Waals surface area contributed by atoms with Gasteiger partial charge in [0.15, 0.2) is 18.0 Å². The van der Waals surface area contributed by atoms with Gasteiger partial charge in [-0.2, -0.15) is 0 Å². The van der Waals surface area contributed by atoms with Gasteiger partial charge in [-0.15, -0.1) is 0 Å². The minimum atomic E-state index is -0.391. The molecule has 1 aliphatic heterocycles. The number of quaternary nitrogens is 1. The average molecular weight is 416 g/mol. The van der Waals surface area contributed by atoms with Gasteiger partial charge in [-0.25, -0.2) is 4.39 Å². The van der Waals surface area contributed by atoms with E-state index in [-0.39, 0.29) is 18.4 Å². The van der Waals surface area contributed by atoms with Crippen molar-refractivity contribution < 1.29 is 28.4 Å². The quantitative estimate of drug-likeness (QED) is 0.712. The number of amides is 2. The molecule has 160 valence electrons. The molecule has 7 nitrogen and oxygen atoms in total. The fourth-order valence-corrected chi connectivity index (χ4v) is 3.46. The summed E-state index contributed by atoms with van der Waals surface area (Å²) in [6.07, 6.45) is 0. The van der Waals surface area contributed by atoms with Gasteiger partial charge in [0.05, 0.1) is 39.9 Å². The van der Waals surface area contributed by atoms with Crippen LogP contribution in [0.3, 0.4) is 0 Å². The molecule has 0 aromatic heterocycles. The summed E-state index contributed by atoms with van der Waals surface area (Å²) in [4.78, 5) is 27.9. The Morgan fingerprint density at radius 1 is 1.13 bits per heavy atom. The number of nitrogens with one attached hydrogen (secondary N) is 2. The lowest BCUT2D eigenvalue weighted by atomic mass is 10.1. The van der Waals surface area contributed by atoms with Crippen LogP contribution in [0.2, 0.25) is 0 Å². The highest BCUT2D eigenvalue weighted by Crippen LogP contribution is 2.28. The minimum Gasteiger partial charge on any atom is -0.493 e. The van der Waals surface area contributed by atoms with Crippen molar-refractivity contribution >= 4 is 17.5 Å². The number of methoxy groups -OCH3 is 1. The highest BCUT2D eigenvalue weighted by Gasteiger charge is 2.26. The fraction of sp³-hybridized carbons (Fsp3) is 0.364. The van der Waals surface area contributed by atoms with Crippen LogP contribution in [0.4, 0.5) is 10.1 Å². The van der Waals surface area contributed by atoms with Crippen LogP contribution in [0, 0.1) is 5.82 Å². The van der Waals surface area contributed by atoms with Crippen molar-refractivity contribution in [1.29, 1.82) is 0 Å². The number of carbonyl (C=O) groups excluding carboxylic acids is 2. The van der Waals surface area contributed by atoms with Gasteiger partial charge < -0.3 is 24.6 Å². The first-order valence-corrected chi connectivity index (χ1v) is 9.99. The first kappa shape index (κ1) is 21.6. The number of nitrogens with zero attached hydrogens (tertiary/aromatic N) is 1. The fourth-order valence-electron chi connectivity index (χ4n) is 3.46.